The Balaban J connectivity index is 2.31. The van der Waals surface area contributed by atoms with Gasteiger partial charge >= 0.3 is 0 Å². The first-order chi connectivity index (χ1) is 11.4. The van der Waals surface area contributed by atoms with E-state index in [-0.39, 0.29) is 17.5 Å². The summed E-state index contributed by atoms with van der Waals surface area (Å²) in [7, 11) is 0. The molecule has 0 aliphatic heterocycles. The van der Waals surface area contributed by atoms with Crippen molar-refractivity contribution < 1.29 is 9.18 Å². The number of hydrogen-bond donors (Lipinski definition) is 0. The van der Waals surface area contributed by atoms with Crippen molar-refractivity contribution in [1.29, 1.82) is 0 Å². The van der Waals surface area contributed by atoms with Crippen molar-refractivity contribution in [1.82, 2.24) is 14.6 Å². The van der Waals surface area contributed by atoms with E-state index in [1.54, 1.807) is 42.8 Å². The first kappa shape index (κ1) is 16.3. The SMILES string of the molecule is CCC(C)C(=O)c1nc2cccnn2c1-c1cc(C)c(F)c(C)c1. The number of rotatable bonds is 4. The second-order valence-corrected chi connectivity index (χ2v) is 6.20. The molecule has 2 heterocycles. The molecule has 124 valence electrons. The zero-order valence-electron chi connectivity index (χ0n) is 14.3. The zero-order chi connectivity index (χ0) is 17.4. The highest BCUT2D eigenvalue weighted by atomic mass is 19.1. The fraction of sp³-hybridized carbons (Fsp3) is 0.316. The normalized spacial score (nSPS) is 12.5. The number of ketones is 1. The third kappa shape index (κ3) is 2.60. The lowest BCUT2D eigenvalue weighted by atomic mass is 9.96. The summed E-state index contributed by atoms with van der Waals surface area (Å²) in [5.74, 6) is -0.371. The lowest BCUT2D eigenvalue weighted by Crippen LogP contribution is -2.12. The lowest BCUT2D eigenvalue weighted by Gasteiger charge is -2.10. The van der Waals surface area contributed by atoms with Crippen LogP contribution in [0.1, 0.15) is 41.9 Å². The van der Waals surface area contributed by atoms with Crippen LogP contribution in [-0.2, 0) is 0 Å². The smallest absolute Gasteiger partial charge is 0.186 e. The van der Waals surface area contributed by atoms with Crippen LogP contribution in [0.5, 0.6) is 0 Å². The Labute approximate surface area is 140 Å². The fourth-order valence-electron chi connectivity index (χ4n) is 2.82. The van der Waals surface area contributed by atoms with E-state index in [0.29, 0.717) is 28.2 Å². The maximum absolute atomic E-state index is 14.0. The maximum atomic E-state index is 14.0. The van der Waals surface area contributed by atoms with Gasteiger partial charge in [0.2, 0.25) is 0 Å². The van der Waals surface area contributed by atoms with Gasteiger partial charge in [-0.15, -0.1) is 0 Å². The molecule has 0 saturated carbocycles. The fourth-order valence-corrected chi connectivity index (χ4v) is 2.82. The van der Waals surface area contributed by atoms with Gasteiger partial charge in [-0.1, -0.05) is 13.8 Å². The zero-order valence-corrected chi connectivity index (χ0v) is 14.3. The van der Waals surface area contributed by atoms with Crippen LogP contribution in [-0.4, -0.2) is 20.4 Å². The van der Waals surface area contributed by atoms with Gasteiger partial charge in [-0.3, -0.25) is 4.79 Å². The molecule has 24 heavy (non-hydrogen) atoms. The number of imidazole rings is 1. The van der Waals surface area contributed by atoms with E-state index >= 15 is 0 Å². The van der Waals surface area contributed by atoms with Crippen LogP contribution < -0.4 is 0 Å². The highest BCUT2D eigenvalue weighted by Gasteiger charge is 2.24. The molecule has 1 unspecified atom stereocenters. The Bertz CT molecular complexity index is 907. The van der Waals surface area contributed by atoms with Gasteiger partial charge in [0.05, 0.1) is 0 Å². The number of hydrogen-bond acceptors (Lipinski definition) is 3. The molecular weight excluding hydrogens is 305 g/mol. The van der Waals surface area contributed by atoms with Crippen LogP contribution in [0.2, 0.25) is 0 Å². The topological polar surface area (TPSA) is 47.3 Å². The van der Waals surface area contributed by atoms with Crippen molar-refractivity contribution in [2.45, 2.75) is 34.1 Å². The molecule has 0 fully saturated rings. The van der Waals surface area contributed by atoms with Crippen LogP contribution in [0.3, 0.4) is 0 Å². The molecule has 0 aliphatic carbocycles. The first-order valence-corrected chi connectivity index (χ1v) is 8.09. The average molecular weight is 325 g/mol. The Hall–Kier alpha value is -2.56. The van der Waals surface area contributed by atoms with Gasteiger partial charge in [-0.2, -0.15) is 5.10 Å². The lowest BCUT2D eigenvalue weighted by molar-refractivity contribution is 0.0923. The molecule has 3 aromatic rings. The minimum Gasteiger partial charge on any atom is -0.292 e. The van der Waals surface area contributed by atoms with Crippen LogP contribution in [0.25, 0.3) is 16.9 Å². The molecule has 5 heteroatoms. The van der Waals surface area contributed by atoms with E-state index in [2.05, 4.69) is 10.1 Å². The molecule has 0 radical (unpaired) electrons. The molecule has 0 aliphatic rings. The van der Waals surface area contributed by atoms with Crippen LogP contribution >= 0.6 is 0 Å². The van der Waals surface area contributed by atoms with Gasteiger partial charge in [-0.05, 0) is 55.7 Å². The second-order valence-electron chi connectivity index (χ2n) is 6.20. The minimum atomic E-state index is -0.227. The minimum absolute atomic E-state index is 0.0161. The summed E-state index contributed by atoms with van der Waals surface area (Å²) in [5, 5.41) is 4.34. The molecule has 0 saturated heterocycles. The predicted octanol–water partition coefficient (Wildman–Crippen LogP) is 4.38. The molecule has 4 nitrogen and oxygen atoms in total. The van der Waals surface area contributed by atoms with Crippen LogP contribution in [0.15, 0.2) is 30.5 Å². The number of halogens is 1. The van der Waals surface area contributed by atoms with Gasteiger partial charge < -0.3 is 0 Å². The summed E-state index contributed by atoms with van der Waals surface area (Å²) in [4.78, 5) is 17.3. The molecule has 0 bridgehead atoms. The van der Waals surface area contributed by atoms with Crippen molar-refractivity contribution in [3.8, 4) is 11.3 Å². The number of aromatic nitrogens is 3. The molecule has 2 aromatic heterocycles. The summed E-state index contributed by atoms with van der Waals surface area (Å²) in [6, 6.07) is 7.08. The molecule has 0 amide bonds. The Kier molecular flexibility index (Phi) is 4.18. The third-order valence-electron chi connectivity index (χ3n) is 4.40. The van der Waals surface area contributed by atoms with E-state index in [9.17, 15) is 9.18 Å². The summed E-state index contributed by atoms with van der Waals surface area (Å²) >= 11 is 0. The Morgan fingerprint density at radius 2 is 1.96 bits per heavy atom. The number of carbonyl (C=O) groups is 1. The first-order valence-electron chi connectivity index (χ1n) is 8.09. The average Bonchev–Trinajstić information content (AvgIpc) is 2.97. The number of carbonyl (C=O) groups excluding carboxylic acids is 1. The Morgan fingerprint density at radius 3 is 2.58 bits per heavy atom. The molecule has 1 aromatic carbocycles. The highest BCUT2D eigenvalue weighted by molar-refractivity contribution is 6.02. The Morgan fingerprint density at radius 1 is 1.29 bits per heavy atom. The van der Waals surface area contributed by atoms with Gasteiger partial charge in [0.1, 0.15) is 17.2 Å². The predicted molar refractivity (Wildman–Crippen MR) is 91.6 cm³/mol. The van der Waals surface area contributed by atoms with Crippen molar-refractivity contribution in [3.63, 3.8) is 0 Å². The van der Waals surface area contributed by atoms with Gasteiger partial charge in [-0.25, -0.2) is 13.9 Å². The summed E-state index contributed by atoms with van der Waals surface area (Å²) in [6.07, 6.45) is 2.39. The molecule has 0 N–H and O–H groups in total. The molecule has 0 spiro atoms. The molecular formula is C19H20FN3O. The third-order valence-corrected chi connectivity index (χ3v) is 4.40. The van der Waals surface area contributed by atoms with E-state index in [1.165, 1.54) is 0 Å². The van der Waals surface area contributed by atoms with Gasteiger partial charge in [0.15, 0.2) is 11.4 Å². The van der Waals surface area contributed by atoms with Gasteiger partial charge in [0, 0.05) is 17.7 Å². The van der Waals surface area contributed by atoms with Crippen LogP contribution in [0.4, 0.5) is 4.39 Å². The van der Waals surface area contributed by atoms with Crippen molar-refractivity contribution in [2.24, 2.45) is 5.92 Å². The molecule has 1 atom stereocenters. The van der Waals surface area contributed by atoms with E-state index in [4.69, 9.17) is 0 Å². The number of benzene rings is 1. The number of nitrogens with zero attached hydrogens (tertiary/aromatic N) is 3. The number of fused-ring (bicyclic) bond motifs is 1. The highest BCUT2D eigenvalue weighted by Crippen LogP contribution is 2.29. The maximum Gasteiger partial charge on any atom is 0.186 e. The largest absolute Gasteiger partial charge is 0.292 e. The molecule has 3 rings (SSSR count). The number of aryl methyl sites for hydroxylation is 2. The summed E-state index contributed by atoms with van der Waals surface area (Å²) < 4.78 is 15.7. The van der Waals surface area contributed by atoms with Crippen molar-refractivity contribution in [2.75, 3.05) is 0 Å². The van der Waals surface area contributed by atoms with Crippen molar-refractivity contribution in [3.05, 3.63) is 53.1 Å². The summed E-state index contributed by atoms with van der Waals surface area (Å²) in [6.45, 7) is 7.31. The van der Waals surface area contributed by atoms with E-state index < -0.39 is 0 Å². The van der Waals surface area contributed by atoms with E-state index in [1.807, 2.05) is 19.9 Å². The number of Topliss-reactive ketones (excluding diaryl/α,β-unsaturated/α-hetero) is 1. The van der Waals surface area contributed by atoms with Gasteiger partial charge in [0.25, 0.3) is 0 Å². The monoisotopic (exact) mass is 325 g/mol. The van der Waals surface area contributed by atoms with E-state index in [0.717, 1.165) is 12.0 Å². The summed E-state index contributed by atoms with van der Waals surface area (Å²) in [5.41, 5.74) is 3.47. The van der Waals surface area contributed by atoms with Crippen LogP contribution in [0, 0.1) is 25.6 Å². The quantitative estimate of drug-likeness (QED) is 0.669. The van der Waals surface area contributed by atoms with Crippen molar-refractivity contribution >= 4 is 11.4 Å². The standard InChI is InChI=1S/C19H20FN3O/c1-5-11(2)19(24)17-18(23-15(22-17)7-6-8-21-23)14-9-12(3)16(20)13(4)10-14/h6-11H,5H2,1-4H3. The second kappa shape index (κ2) is 6.15.